The van der Waals surface area contributed by atoms with Crippen LogP contribution in [-0.2, 0) is 14.8 Å². The quantitative estimate of drug-likeness (QED) is 0.685. The Hall–Kier alpha value is -0.170. The molecule has 3 N–H and O–H groups in total. The normalized spacial score (nSPS) is 23.3. The summed E-state index contributed by atoms with van der Waals surface area (Å²) in [5.74, 6) is 0.257. The van der Waals surface area contributed by atoms with Gasteiger partial charge in [0.2, 0.25) is 10.0 Å². The van der Waals surface area contributed by atoms with E-state index in [2.05, 4.69) is 4.72 Å². The van der Waals surface area contributed by atoms with Crippen LogP contribution in [0.15, 0.2) is 0 Å². The third-order valence-corrected chi connectivity index (χ3v) is 4.20. The van der Waals surface area contributed by atoms with Gasteiger partial charge in [-0.25, -0.2) is 13.1 Å². The highest BCUT2D eigenvalue weighted by molar-refractivity contribution is 7.89. The second kappa shape index (κ2) is 4.78. The topological polar surface area (TPSA) is 81.4 Å². The lowest BCUT2D eigenvalue weighted by Gasteiger charge is -2.24. The smallest absolute Gasteiger partial charge is 0.212 e. The van der Waals surface area contributed by atoms with Crippen LogP contribution < -0.4 is 10.5 Å². The lowest BCUT2D eigenvalue weighted by molar-refractivity contribution is 0.188. The van der Waals surface area contributed by atoms with Crippen LogP contribution in [0.25, 0.3) is 0 Å². The Morgan fingerprint density at radius 3 is 2.67 bits per heavy atom. The molecule has 6 heteroatoms. The largest absolute Gasteiger partial charge is 0.381 e. The van der Waals surface area contributed by atoms with Gasteiger partial charge in [0.1, 0.15) is 0 Å². The summed E-state index contributed by atoms with van der Waals surface area (Å²) in [6, 6.07) is 0. The van der Waals surface area contributed by atoms with E-state index < -0.39 is 15.6 Å². The fraction of sp³-hybridized carbons (Fsp3) is 1.00. The van der Waals surface area contributed by atoms with Gasteiger partial charge in [-0.15, -0.1) is 0 Å². The van der Waals surface area contributed by atoms with Gasteiger partial charge < -0.3 is 10.5 Å². The van der Waals surface area contributed by atoms with E-state index in [1.165, 1.54) is 0 Å². The van der Waals surface area contributed by atoms with E-state index in [4.69, 9.17) is 10.5 Å². The average Bonchev–Trinajstić information content (AvgIpc) is 2.54. The highest BCUT2D eigenvalue weighted by Gasteiger charge is 2.27. The molecule has 0 aromatic heterocycles. The molecule has 1 unspecified atom stereocenters. The summed E-state index contributed by atoms with van der Waals surface area (Å²) in [5, 5.41) is 0. The van der Waals surface area contributed by atoms with Gasteiger partial charge in [-0.2, -0.15) is 0 Å². The van der Waals surface area contributed by atoms with Crippen molar-refractivity contribution in [3.8, 4) is 0 Å². The minimum atomic E-state index is -3.24. The summed E-state index contributed by atoms with van der Waals surface area (Å²) in [5.41, 5.74) is 4.90. The standard InChI is InChI=1S/C9H20N2O3S/c1-9(2,7-10)11-15(12,13)6-8-3-4-14-5-8/h8,11H,3-7,10H2,1-2H3. The van der Waals surface area contributed by atoms with E-state index in [-0.39, 0.29) is 18.2 Å². The maximum Gasteiger partial charge on any atom is 0.212 e. The minimum absolute atomic E-state index is 0.121. The second-order valence-corrected chi connectivity index (χ2v) is 6.47. The Balaban J connectivity index is 2.51. The molecule has 1 fully saturated rings. The predicted molar refractivity (Wildman–Crippen MR) is 59.0 cm³/mol. The summed E-state index contributed by atoms with van der Waals surface area (Å²) in [6.45, 7) is 5.04. The zero-order valence-electron chi connectivity index (χ0n) is 9.32. The van der Waals surface area contributed by atoms with Crippen molar-refractivity contribution in [1.82, 2.24) is 4.72 Å². The second-order valence-electron chi connectivity index (χ2n) is 4.70. The first kappa shape index (κ1) is 12.9. The molecule has 1 rings (SSSR count). The number of nitrogens with two attached hydrogens (primary N) is 1. The summed E-state index contributed by atoms with van der Waals surface area (Å²) >= 11 is 0. The Labute approximate surface area is 91.4 Å². The van der Waals surface area contributed by atoms with Crippen LogP contribution in [0.1, 0.15) is 20.3 Å². The van der Waals surface area contributed by atoms with E-state index in [1.807, 2.05) is 0 Å². The molecule has 90 valence electrons. The number of nitrogens with one attached hydrogen (secondary N) is 1. The fourth-order valence-corrected chi connectivity index (χ4v) is 3.42. The Morgan fingerprint density at radius 1 is 1.53 bits per heavy atom. The summed E-state index contributed by atoms with van der Waals surface area (Å²) < 4.78 is 31.2. The molecule has 0 saturated carbocycles. The third kappa shape index (κ3) is 4.46. The first-order valence-corrected chi connectivity index (χ1v) is 6.79. The first-order valence-electron chi connectivity index (χ1n) is 5.14. The fourth-order valence-electron chi connectivity index (χ4n) is 1.53. The Kier molecular flexibility index (Phi) is 4.11. The van der Waals surface area contributed by atoms with Crippen molar-refractivity contribution in [1.29, 1.82) is 0 Å². The van der Waals surface area contributed by atoms with Crippen molar-refractivity contribution >= 4 is 10.0 Å². The number of sulfonamides is 1. The van der Waals surface area contributed by atoms with Crippen LogP contribution >= 0.6 is 0 Å². The molecule has 0 amide bonds. The molecule has 1 atom stereocenters. The van der Waals surface area contributed by atoms with E-state index in [0.717, 1.165) is 6.42 Å². The lowest BCUT2D eigenvalue weighted by atomic mass is 10.1. The van der Waals surface area contributed by atoms with Crippen molar-refractivity contribution in [2.75, 3.05) is 25.5 Å². The van der Waals surface area contributed by atoms with Crippen LogP contribution in [0, 0.1) is 5.92 Å². The summed E-state index contributed by atoms with van der Waals surface area (Å²) in [4.78, 5) is 0. The highest BCUT2D eigenvalue weighted by atomic mass is 32.2. The van der Waals surface area contributed by atoms with E-state index >= 15 is 0 Å². The van der Waals surface area contributed by atoms with Gasteiger partial charge in [0.15, 0.2) is 0 Å². The summed E-state index contributed by atoms with van der Waals surface area (Å²) in [6.07, 6.45) is 0.823. The molecule has 1 aliphatic rings. The average molecular weight is 236 g/mol. The van der Waals surface area contributed by atoms with Gasteiger partial charge >= 0.3 is 0 Å². The third-order valence-electron chi connectivity index (χ3n) is 2.42. The zero-order chi connectivity index (χ0) is 11.5. The molecule has 1 aliphatic heterocycles. The van der Waals surface area contributed by atoms with Crippen molar-refractivity contribution in [3.63, 3.8) is 0 Å². The molecule has 0 bridgehead atoms. The monoisotopic (exact) mass is 236 g/mol. The van der Waals surface area contributed by atoms with Crippen LogP contribution in [-0.4, -0.2) is 39.5 Å². The first-order chi connectivity index (χ1) is 6.85. The predicted octanol–water partition coefficient (Wildman–Crippen LogP) is -0.320. The van der Waals surface area contributed by atoms with Gasteiger partial charge in [-0.05, 0) is 26.2 Å². The minimum Gasteiger partial charge on any atom is -0.381 e. The van der Waals surface area contributed by atoms with Crippen molar-refractivity contribution in [3.05, 3.63) is 0 Å². The maximum atomic E-state index is 11.7. The Bertz CT molecular complexity index is 294. The maximum absolute atomic E-state index is 11.7. The van der Waals surface area contributed by atoms with Gasteiger partial charge in [0.25, 0.3) is 0 Å². The number of ether oxygens (including phenoxy) is 1. The molecule has 0 spiro atoms. The highest BCUT2D eigenvalue weighted by Crippen LogP contribution is 2.15. The molecule has 1 saturated heterocycles. The molecule has 15 heavy (non-hydrogen) atoms. The number of hydrogen-bond acceptors (Lipinski definition) is 4. The van der Waals surface area contributed by atoms with Crippen molar-refractivity contribution in [2.45, 2.75) is 25.8 Å². The van der Waals surface area contributed by atoms with E-state index in [0.29, 0.717) is 13.2 Å². The van der Waals surface area contributed by atoms with Crippen LogP contribution in [0.5, 0.6) is 0 Å². The SMILES string of the molecule is CC(C)(CN)NS(=O)(=O)CC1CCOC1. The van der Waals surface area contributed by atoms with Gasteiger partial charge in [0.05, 0.1) is 12.4 Å². The molecule has 0 aromatic rings. The molecular weight excluding hydrogens is 216 g/mol. The van der Waals surface area contributed by atoms with Crippen molar-refractivity contribution < 1.29 is 13.2 Å². The van der Waals surface area contributed by atoms with Crippen molar-refractivity contribution in [2.24, 2.45) is 11.7 Å². The Morgan fingerprint density at radius 2 is 2.20 bits per heavy atom. The molecule has 0 aromatic carbocycles. The van der Waals surface area contributed by atoms with E-state index in [9.17, 15) is 8.42 Å². The zero-order valence-corrected chi connectivity index (χ0v) is 10.1. The van der Waals surface area contributed by atoms with Gasteiger partial charge in [-0.1, -0.05) is 0 Å². The molecular formula is C9H20N2O3S. The van der Waals surface area contributed by atoms with Crippen LogP contribution in [0.3, 0.4) is 0 Å². The van der Waals surface area contributed by atoms with Gasteiger partial charge in [-0.3, -0.25) is 0 Å². The summed E-state index contributed by atoms with van der Waals surface area (Å²) in [7, 11) is -3.24. The van der Waals surface area contributed by atoms with Crippen LogP contribution in [0.4, 0.5) is 0 Å². The molecule has 1 heterocycles. The molecule has 0 aliphatic carbocycles. The molecule has 5 nitrogen and oxygen atoms in total. The van der Waals surface area contributed by atoms with Gasteiger partial charge in [0, 0.05) is 18.7 Å². The van der Waals surface area contributed by atoms with Crippen LogP contribution in [0.2, 0.25) is 0 Å². The molecule has 0 radical (unpaired) electrons. The van der Waals surface area contributed by atoms with E-state index in [1.54, 1.807) is 13.8 Å². The lowest BCUT2D eigenvalue weighted by Crippen LogP contribution is -2.50. The number of hydrogen-bond donors (Lipinski definition) is 2. The number of rotatable bonds is 5.